The number of benzene rings is 1. The number of amides is 1. The van der Waals surface area contributed by atoms with Gasteiger partial charge in [-0.1, -0.05) is 12.1 Å². The van der Waals surface area contributed by atoms with Gasteiger partial charge in [-0.3, -0.25) is 4.79 Å². The normalized spacial score (nSPS) is 12.6. The first-order chi connectivity index (χ1) is 8.11. The topological polar surface area (TPSA) is 49.3 Å². The van der Waals surface area contributed by atoms with Gasteiger partial charge in [0.1, 0.15) is 5.82 Å². The molecule has 3 nitrogen and oxygen atoms in total. The number of carbonyl (C=O) groups excluding carboxylic acids is 1. The molecule has 1 unspecified atom stereocenters. The number of hydrogen-bond donors (Lipinski definition) is 2. The highest BCUT2D eigenvalue weighted by atomic mass is 19.1. The average molecular weight is 237 g/mol. The zero-order valence-corrected chi connectivity index (χ0v) is 9.69. The third kappa shape index (κ3) is 5.26. The van der Waals surface area contributed by atoms with Crippen molar-refractivity contribution in [3.63, 3.8) is 0 Å². The highest BCUT2D eigenvalue weighted by Crippen LogP contribution is 2.04. The Balaban J connectivity index is 2.47. The molecule has 0 fully saturated rings. The zero-order chi connectivity index (χ0) is 12.7. The van der Waals surface area contributed by atoms with Crippen LogP contribution in [0, 0.1) is 5.82 Å². The van der Waals surface area contributed by atoms with Crippen molar-refractivity contribution in [2.75, 3.05) is 6.61 Å². The van der Waals surface area contributed by atoms with E-state index in [1.54, 1.807) is 18.2 Å². The Hall–Kier alpha value is -1.68. The maximum atomic E-state index is 12.6. The standard InChI is InChI=1S/C13H16FNO2/c1-10(8-9-16)15-13(17)7-4-11-2-5-12(14)6-3-11/h2-7,10,16H,8-9H2,1H3,(H,15,17)/b7-4+. The molecule has 0 heterocycles. The number of halogens is 1. The monoisotopic (exact) mass is 237 g/mol. The lowest BCUT2D eigenvalue weighted by molar-refractivity contribution is -0.117. The Bertz CT molecular complexity index is 387. The van der Waals surface area contributed by atoms with E-state index in [4.69, 9.17) is 5.11 Å². The molecular formula is C13H16FNO2. The van der Waals surface area contributed by atoms with Crippen LogP contribution in [0.25, 0.3) is 6.08 Å². The highest BCUT2D eigenvalue weighted by Gasteiger charge is 2.02. The van der Waals surface area contributed by atoms with Crippen LogP contribution < -0.4 is 5.32 Å². The van der Waals surface area contributed by atoms with Crippen molar-refractivity contribution >= 4 is 12.0 Å². The molecule has 1 amide bonds. The molecule has 0 aliphatic rings. The minimum absolute atomic E-state index is 0.0448. The molecule has 0 bridgehead atoms. The first-order valence-electron chi connectivity index (χ1n) is 5.47. The fourth-order valence-electron chi connectivity index (χ4n) is 1.30. The second-order valence-corrected chi connectivity index (χ2v) is 3.81. The number of aliphatic hydroxyl groups excluding tert-OH is 1. The molecule has 0 spiro atoms. The van der Waals surface area contributed by atoms with Crippen molar-refractivity contribution in [1.29, 1.82) is 0 Å². The van der Waals surface area contributed by atoms with Crippen LogP contribution in [0.15, 0.2) is 30.3 Å². The predicted molar refractivity (Wildman–Crippen MR) is 64.7 cm³/mol. The van der Waals surface area contributed by atoms with E-state index in [1.165, 1.54) is 18.2 Å². The Morgan fingerprint density at radius 2 is 2.12 bits per heavy atom. The molecule has 0 radical (unpaired) electrons. The van der Waals surface area contributed by atoms with Gasteiger partial charge in [0.05, 0.1) is 0 Å². The van der Waals surface area contributed by atoms with Gasteiger partial charge in [-0.05, 0) is 37.1 Å². The first kappa shape index (κ1) is 13.4. The Morgan fingerprint density at radius 1 is 1.47 bits per heavy atom. The molecule has 0 saturated heterocycles. The first-order valence-corrected chi connectivity index (χ1v) is 5.47. The van der Waals surface area contributed by atoms with Gasteiger partial charge in [0.15, 0.2) is 0 Å². The van der Waals surface area contributed by atoms with E-state index < -0.39 is 0 Å². The van der Waals surface area contributed by atoms with Crippen molar-refractivity contribution in [2.24, 2.45) is 0 Å². The summed E-state index contributed by atoms with van der Waals surface area (Å²) in [7, 11) is 0. The molecule has 1 rings (SSSR count). The fraction of sp³-hybridized carbons (Fsp3) is 0.308. The largest absolute Gasteiger partial charge is 0.396 e. The Morgan fingerprint density at radius 3 is 2.71 bits per heavy atom. The van der Waals surface area contributed by atoms with Gasteiger partial charge < -0.3 is 10.4 Å². The molecule has 0 aliphatic carbocycles. The number of aliphatic hydroxyl groups is 1. The molecule has 0 aromatic heterocycles. The summed E-state index contributed by atoms with van der Waals surface area (Å²) in [4.78, 5) is 11.4. The van der Waals surface area contributed by atoms with Gasteiger partial charge in [-0.15, -0.1) is 0 Å². The maximum absolute atomic E-state index is 12.6. The van der Waals surface area contributed by atoms with Crippen LogP contribution in [0.2, 0.25) is 0 Å². The summed E-state index contributed by atoms with van der Waals surface area (Å²) in [6.07, 6.45) is 3.53. The second kappa shape index (κ2) is 6.81. The summed E-state index contributed by atoms with van der Waals surface area (Å²) >= 11 is 0. The van der Waals surface area contributed by atoms with E-state index in [0.717, 1.165) is 5.56 Å². The van der Waals surface area contributed by atoms with Crippen LogP contribution in [-0.2, 0) is 4.79 Å². The Labute approximate surface area is 100.0 Å². The molecular weight excluding hydrogens is 221 g/mol. The summed E-state index contributed by atoms with van der Waals surface area (Å²) in [6, 6.07) is 5.80. The highest BCUT2D eigenvalue weighted by molar-refractivity contribution is 5.91. The molecule has 0 aliphatic heterocycles. The fourth-order valence-corrected chi connectivity index (χ4v) is 1.30. The predicted octanol–water partition coefficient (Wildman–Crippen LogP) is 1.73. The van der Waals surface area contributed by atoms with Gasteiger partial charge in [-0.25, -0.2) is 4.39 Å². The SMILES string of the molecule is CC(CCO)NC(=O)/C=C/c1ccc(F)cc1. The minimum atomic E-state index is -0.303. The van der Waals surface area contributed by atoms with Crippen LogP contribution in [0.3, 0.4) is 0 Å². The second-order valence-electron chi connectivity index (χ2n) is 3.81. The van der Waals surface area contributed by atoms with E-state index >= 15 is 0 Å². The van der Waals surface area contributed by atoms with Crippen molar-refractivity contribution in [1.82, 2.24) is 5.32 Å². The Kier molecular flexibility index (Phi) is 5.36. The zero-order valence-electron chi connectivity index (χ0n) is 9.69. The molecule has 1 atom stereocenters. The van der Waals surface area contributed by atoms with E-state index in [9.17, 15) is 9.18 Å². The summed E-state index contributed by atoms with van der Waals surface area (Å²) in [5, 5.41) is 11.4. The van der Waals surface area contributed by atoms with Crippen molar-refractivity contribution in [3.05, 3.63) is 41.7 Å². The van der Waals surface area contributed by atoms with Crippen LogP contribution >= 0.6 is 0 Å². The maximum Gasteiger partial charge on any atom is 0.244 e. The minimum Gasteiger partial charge on any atom is -0.396 e. The molecule has 0 saturated carbocycles. The van der Waals surface area contributed by atoms with E-state index in [-0.39, 0.29) is 24.4 Å². The average Bonchev–Trinajstić information content (AvgIpc) is 2.28. The van der Waals surface area contributed by atoms with E-state index in [1.807, 2.05) is 6.92 Å². The lowest BCUT2D eigenvalue weighted by atomic mass is 10.2. The lowest BCUT2D eigenvalue weighted by Gasteiger charge is -2.09. The lowest BCUT2D eigenvalue weighted by Crippen LogP contribution is -2.31. The number of hydrogen-bond acceptors (Lipinski definition) is 2. The smallest absolute Gasteiger partial charge is 0.244 e. The van der Waals surface area contributed by atoms with Crippen molar-refractivity contribution in [3.8, 4) is 0 Å². The number of rotatable bonds is 5. The van der Waals surface area contributed by atoms with Crippen LogP contribution in [-0.4, -0.2) is 23.7 Å². The van der Waals surface area contributed by atoms with E-state index in [0.29, 0.717) is 6.42 Å². The van der Waals surface area contributed by atoms with Gasteiger partial charge in [-0.2, -0.15) is 0 Å². The molecule has 1 aromatic carbocycles. The van der Waals surface area contributed by atoms with Gasteiger partial charge >= 0.3 is 0 Å². The van der Waals surface area contributed by atoms with Crippen LogP contribution in [0.1, 0.15) is 18.9 Å². The summed E-state index contributed by atoms with van der Waals surface area (Å²) in [5.41, 5.74) is 0.761. The van der Waals surface area contributed by atoms with E-state index in [2.05, 4.69) is 5.32 Å². The third-order valence-corrected chi connectivity index (χ3v) is 2.25. The summed E-state index contributed by atoms with van der Waals surface area (Å²) in [6.45, 7) is 1.86. The molecule has 2 N–H and O–H groups in total. The summed E-state index contributed by atoms with van der Waals surface area (Å²) in [5.74, 6) is -0.529. The van der Waals surface area contributed by atoms with Gasteiger partial charge in [0.2, 0.25) is 5.91 Å². The molecule has 17 heavy (non-hydrogen) atoms. The molecule has 92 valence electrons. The molecule has 4 heteroatoms. The van der Waals surface area contributed by atoms with Crippen LogP contribution in [0.5, 0.6) is 0 Å². The quantitative estimate of drug-likeness (QED) is 0.766. The third-order valence-electron chi connectivity index (χ3n) is 2.25. The molecule has 1 aromatic rings. The van der Waals surface area contributed by atoms with Gasteiger partial charge in [0, 0.05) is 18.7 Å². The van der Waals surface area contributed by atoms with Crippen molar-refractivity contribution < 1.29 is 14.3 Å². The number of nitrogens with one attached hydrogen (secondary N) is 1. The van der Waals surface area contributed by atoms with Crippen LogP contribution in [0.4, 0.5) is 4.39 Å². The summed E-state index contributed by atoms with van der Waals surface area (Å²) < 4.78 is 12.6. The van der Waals surface area contributed by atoms with Crippen molar-refractivity contribution in [2.45, 2.75) is 19.4 Å². The number of carbonyl (C=O) groups is 1. The van der Waals surface area contributed by atoms with Gasteiger partial charge in [0.25, 0.3) is 0 Å².